The van der Waals surface area contributed by atoms with Gasteiger partial charge in [-0.1, -0.05) is 30.3 Å². The maximum atomic E-state index is 9.49. The molecule has 0 spiro atoms. The summed E-state index contributed by atoms with van der Waals surface area (Å²) >= 11 is 4.86. The molecule has 5 heteroatoms. The molecule has 19 heavy (non-hydrogen) atoms. The summed E-state index contributed by atoms with van der Waals surface area (Å²) in [5, 5.41) is 18.7. The van der Waals surface area contributed by atoms with Crippen LogP contribution in [0.25, 0.3) is 0 Å². The van der Waals surface area contributed by atoms with Gasteiger partial charge >= 0.3 is 0 Å². The number of hydrogen-bond acceptors (Lipinski definition) is 4. The fraction of sp³-hybridized carbons (Fsp3) is 0.286. The van der Waals surface area contributed by atoms with Crippen LogP contribution in [0, 0.1) is 11.3 Å². The van der Waals surface area contributed by atoms with E-state index in [1.807, 2.05) is 30.3 Å². The van der Waals surface area contributed by atoms with Crippen molar-refractivity contribution in [2.24, 2.45) is 0 Å². The van der Waals surface area contributed by atoms with Crippen molar-refractivity contribution in [3.63, 3.8) is 0 Å². The number of rotatable bonds is 5. The molecular weight excluding hydrogens is 324 g/mol. The van der Waals surface area contributed by atoms with Crippen LogP contribution in [0.5, 0.6) is 0 Å². The van der Waals surface area contributed by atoms with Gasteiger partial charge in [0.1, 0.15) is 0 Å². The van der Waals surface area contributed by atoms with E-state index in [-0.39, 0.29) is 18.4 Å². The Bertz CT molecular complexity index is 564. The van der Waals surface area contributed by atoms with Gasteiger partial charge in [-0.2, -0.15) is 5.26 Å². The zero-order chi connectivity index (χ0) is 13.7. The Morgan fingerprint density at radius 2 is 2.11 bits per heavy atom. The van der Waals surface area contributed by atoms with Gasteiger partial charge in [0.15, 0.2) is 3.92 Å². The summed E-state index contributed by atoms with van der Waals surface area (Å²) < 4.78 is 0.801. The predicted molar refractivity (Wildman–Crippen MR) is 79.1 cm³/mol. The van der Waals surface area contributed by atoms with Gasteiger partial charge in [-0.3, -0.25) is 0 Å². The summed E-state index contributed by atoms with van der Waals surface area (Å²) in [6, 6.07) is 12.1. The summed E-state index contributed by atoms with van der Waals surface area (Å²) in [5.74, 6) is -0.290. The van der Waals surface area contributed by atoms with E-state index in [1.165, 1.54) is 11.3 Å². The highest BCUT2D eigenvalue weighted by Crippen LogP contribution is 2.38. The first kappa shape index (κ1) is 14.2. The van der Waals surface area contributed by atoms with Crippen LogP contribution in [-0.4, -0.2) is 16.7 Å². The van der Waals surface area contributed by atoms with Crippen LogP contribution in [0.4, 0.5) is 0 Å². The minimum atomic E-state index is -0.263. The summed E-state index contributed by atoms with van der Waals surface area (Å²) in [6.45, 7) is 0.0607. The van der Waals surface area contributed by atoms with Crippen molar-refractivity contribution >= 4 is 27.3 Å². The number of aliphatic hydroxyl groups is 1. The van der Waals surface area contributed by atoms with E-state index in [0.717, 1.165) is 14.4 Å². The standard InChI is InChI=1S/C14H13BrN2OS/c15-14-17-9-13(19-14)11(6-7-18)12(8-16)10-4-2-1-3-5-10/h1-5,9,11-12,18H,6-7H2/t11-,12-/m0/s1. The predicted octanol–water partition coefficient (Wildman–Crippen LogP) is 3.68. The first-order valence-electron chi connectivity index (χ1n) is 5.93. The first-order valence-corrected chi connectivity index (χ1v) is 7.54. The second-order valence-corrected chi connectivity index (χ2v) is 6.49. The third-order valence-electron chi connectivity index (χ3n) is 3.00. The molecule has 0 unspecified atom stereocenters. The number of halogens is 1. The minimum Gasteiger partial charge on any atom is -0.396 e. The molecule has 3 nitrogen and oxygen atoms in total. The Kier molecular flexibility index (Phi) is 5.08. The molecule has 0 aliphatic heterocycles. The van der Waals surface area contributed by atoms with E-state index in [9.17, 15) is 10.4 Å². The average molecular weight is 337 g/mol. The van der Waals surface area contributed by atoms with Crippen LogP contribution >= 0.6 is 27.3 Å². The van der Waals surface area contributed by atoms with Gasteiger partial charge in [0.05, 0.1) is 12.0 Å². The second-order valence-electron chi connectivity index (χ2n) is 4.15. The van der Waals surface area contributed by atoms with Crippen LogP contribution in [-0.2, 0) is 0 Å². The number of nitrogens with zero attached hydrogens (tertiary/aromatic N) is 2. The molecule has 1 heterocycles. The number of aromatic nitrogens is 1. The van der Waals surface area contributed by atoms with Crippen LogP contribution < -0.4 is 0 Å². The highest BCUT2D eigenvalue weighted by atomic mass is 79.9. The quantitative estimate of drug-likeness (QED) is 0.905. The second kappa shape index (κ2) is 6.80. The van der Waals surface area contributed by atoms with Gasteiger partial charge in [0.2, 0.25) is 0 Å². The van der Waals surface area contributed by atoms with Crippen molar-refractivity contribution in [1.82, 2.24) is 4.98 Å². The van der Waals surface area contributed by atoms with Crippen molar-refractivity contribution in [2.45, 2.75) is 18.3 Å². The molecular formula is C14H13BrN2OS. The third-order valence-corrected chi connectivity index (χ3v) is 4.61. The van der Waals surface area contributed by atoms with E-state index < -0.39 is 0 Å². The smallest absolute Gasteiger partial charge is 0.159 e. The molecule has 2 aromatic rings. The molecule has 0 bridgehead atoms. The van der Waals surface area contributed by atoms with E-state index in [1.54, 1.807) is 6.20 Å². The van der Waals surface area contributed by atoms with Gasteiger partial charge < -0.3 is 5.11 Å². The van der Waals surface area contributed by atoms with E-state index >= 15 is 0 Å². The summed E-state index contributed by atoms with van der Waals surface area (Å²) in [4.78, 5) is 5.20. The van der Waals surface area contributed by atoms with Crippen LogP contribution in [0.2, 0.25) is 0 Å². The van der Waals surface area contributed by atoms with Crippen molar-refractivity contribution in [3.05, 3.63) is 50.9 Å². The van der Waals surface area contributed by atoms with Crippen molar-refractivity contribution < 1.29 is 5.11 Å². The third kappa shape index (κ3) is 3.41. The molecule has 1 aromatic heterocycles. The Balaban J connectivity index is 2.34. The molecule has 98 valence electrons. The Morgan fingerprint density at radius 1 is 1.37 bits per heavy atom. The normalized spacial score (nSPS) is 13.7. The molecule has 0 fully saturated rings. The highest BCUT2D eigenvalue weighted by Gasteiger charge is 2.26. The zero-order valence-electron chi connectivity index (χ0n) is 10.2. The SMILES string of the molecule is N#C[C@@H](c1ccccc1)[C@H](CCO)c1cnc(Br)s1. The lowest BCUT2D eigenvalue weighted by Gasteiger charge is -2.20. The Morgan fingerprint density at radius 3 is 2.63 bits per heavy atom. The van der Waals surface area contributed by atoms with Gasteiger partial charge in [-0.15, -0.1) is 11.3 Å². The molecule has 0 saturated heterocycles. The number of nitriles is 1. The number of benzene rings is 1. The van der Waals surface area contributed by atoms with Gasteiger partial charge in [0.25, 0.3) is 0 Å². The van der Waals surface area contributed by atoms with Gasteiger partial charge in [-0.05, 0) is 27.9 Å². The molecule has 2 atom stereocenters. The van der Waals surface area contributed by atoms with Crippen molar-refractivity contribution in [1.29, 1.82) is 5.26 Å². The maximum absolute atomic E-state index is 9.49. The minimum absolute atomic E-state index is 0.0267. The Labute approximate surface area is 124 Å². The summed E-state index contributed by atoms with van der Waals surface area (Å²) in [6.07, 6.45) is 2.34. The van der Waals surface area contributed by atoms with E-state index in [0.29, 0.717) is 6.42 Å². The van der Waals surface area contributed by atoms with E-state index in [2.05, 4.69) is 27.0 Å². The van der Waals surface area contributed by atoms with Crippen LogP contribution in [0.3, 0.4) is 0 Å². The fourth-order valence-corrected chi connectivity index (χ4v) is 3.58. The monoisotopic (exact) mass is 336 g/mol. The lowest BCUT2D eigenvalue weighted by Crippen LogP contribution is -2.10. The number of thiazole rings is 1. The van der Waals surface area contributed by atoms with Crippen molar-refractivity contribution in [2.75, 3.05) is 6.61 Å². The number of hydrogen-bond donors (Lipinski definition) is 1. The van der Waals surface area contributed by atoms with Crippen molar-refractivity contribution in [3.8, 4) is 6.07 Å². The largest absolute Gasteiger partial charge is 0.396 e. The summed E-state index contributed by atoms with van der Waals surface area (Å²) in [5.41, 5.74) is 0.980. The number of aliphatic hydroxyl groups excluding tert-OH is 1. The molecule has 0 aliphatic rings. The molecule has 1 aromatic carbocycles. The molecule has 0 radical (unpaired) electrons. The van der Waals surface area contributed by atoms with E-state index in [4.69, 9.17) is 0 Å². The fourth-order valence-electron chi connectivity index (χ4n) is 2.11. The maximum Gasteiger partial charge on any atom is 0.159 e. The van der Waals surface area contributed by atoms with Crippen LogP contribution in [0.1, 0.15) is 28.7 Å². The zero-order valence-corrected chi connectivity index (χ0v) is 12.6. The highest BCUT2D eigenvalue weighted by molar-refractivity contribution is 9.11. The molecule has 1 N–H and O–H groups in total. The Hall–Kier alpha value is -1.22. The first-order chi connectivity index (χ1) is 9.26. The summed E-state index contributed by atoms with van der Waals surface area (Å²) in [7, 11) is 0. The van der Waals surface area contributed by atoms with Gasteiger partial charge in [-0.25, -0.2) is 4.98 Å². The molecule has 2 rings (SSSR count). The molecule has 0 aliphatic carbocycles. The average Bonchev–Trinajstić information content (AvgIpc) is 2.86. The molecule has 0 amide bonds. The topological polar surface area (TPSA) is 56.9 Å². The molecule has 0 saturated carbocycles. The lowest BCUT2D eigenvalue weighted by atomic mass is 9.84. The van der Waals surface area contributed by atoms with Gasteiger partial charge in [0, 0.05) is 23.6 Å². The van der Waals surface area contributed by atoms with Crippen LogP contribution in [0.15, 0.2) is 40.4 Å². The lowest BCUT2D eigenvalue weighted by molar-refractivity contribution is 0.273.